The van der Waals surface area contributed by atoms with Crippen LogP contribution in [0, 0.1) is 0 Å². The lowest BCUT2D eigenvalue weighted by atomic mass is 10.0. The standard InChI is InChI=1S/C18H32O4/c1-2-3-4-5-7-10-13-16(19)17(20)14-11-8-6-9-12-15-18(21)22/h3-4,7,10,16-17,19-20H,2,5-6,8-9,11-15H2,1H3,(H,21,22)/b4-3-,10-7-/t16-,17+/m0/s1. The predicted octanol–water partition coefficient (Wildman–Crippen LogP) is 3.83. The number of aliphatic hydroxyl groups is 2. The van der Waals surface area contributed by atoms with E-state index in [1.165, 1.54) is 0 Å². The van der Waals surface area contributed by atoms with Crippen LogP contribution in [-0.2, 0) is 4.79 Å². The van der Waals surface area contributed by atoms with Gasteiger partial charge in [-0.05, 0) is 32.1 Å². The molecule has 22 heavy (non-hydrogen) atoms. The average Bonchev–Trinajstić information content (AvgIpc) is 2.49. The van der Waals surface area contributed by atoms with Gasteiger partial charge < -0.3 is 15.3 Å². The highest BCUT2D eigenvalue weighted by Gasteiger charge is 2.13. The van der Waals surface area contributed by atoms with Crippen molar-refractivity contribution in [3.8, 4) is 0 Å². The Labute approximate surface area is 134 Å². The van der Waals surface area contributed by atoms with E-state index in [9.17, 15) is 15.0 Å². The number of carboxylic acids is 1. The van der Waals surface area contributed by atoms with E-state index in [-0.39, 0.29) is 6.42 Å². The van der Waals surface area contributed by atoms with Crippen molar-refractivity contribution in [3.63, 3.8) is 0 Å². The Balaban J connectivity index is 3.55. The number of unbranched alkanes of at least 4 members (excludes halogenated alkanes) is 4. The fraction of sp³-hybridized carbons (Fsp3) is 0.722. The van der Waals surface area contributed by atoms with Crippen LogP contribution in [0.5, 0.6) is 0 Å². The van der Waals surface area contributed by atoms with E-state index in [0.29, 0.717) is 12.8 Å². The SMILES string of the molecule is CC/C=C\C/C=C\C[C@H](O)[C@H](O)CCCCCCCC(=O)O. The maximum Gasteiger partial charge on any atom is 0.303 e. The van der Waals surface area contributed by atoms with E-state index < -0.39 is 18.2 Å². The van der Waals surface area contributed by atoms with Crippen LogP contribution in [0.25, 0.3) is 0 Å². The molecule has 0 amide bonds. The highest BCUT2D eigenvalue weighted by molar-refractivity contribution is 5.66. The number of carbonyl (C=O) groups is 1. The van der Waals surface area contributed by atoms with Gasteiger partial charge >= 0.3 is 5.97 Å². The van der Waals surface area contributed by atoms with E-state index in [2.05, 4.69) is 19.1 Å². The Morgan fingerprint density at radius 1 is 0.909 bits per heavy atom. The molecule has 0 spiro atoms. The van der Waals surface area contributed by atoms with Gasteiger partial charge in [-0.2, -0.15) is 0 Å². The molecule has 3 N–H and O–H groups in total. The smallest absolute Gasteiger partial charge is 0.303 e. The van der Waals surface area contributed by atoms with Crippen molar-refractivity contribution in [2.45, 2.75) is 83.3 Å². The summed E-state index contributed by atoms with van der Waals surface area (Å²) in [6.07, 6.45) is 14.4. The second-order valence-corrected chi connectivity index (χ2v) is 5.66. The number of carboxylic acid groups (broad SMARTS) is 1. The number of aliphatic carboxylic acids is 1. The van der Waals surface area contributed by atoms with Gasteiger partial charge in [0, 0.05) is 6.42 Å². The van der Waals surface area contributed by atoms with E-state index in [1.54, 1.807) is 0 Å². The van der Waals surface area contributed by atoms with Crippen molar-refractivity contribution < 1.29 is 20.1 Å². The van der Waals surface area contributed by atoms with Crippen LogP contribution in [0.3, 0.4) is 0 Å². The number of hydrogen-bond acceptors (Lipinski definition) is 3. The number of allylic oxidation sites excluding steroid dienone is 3. The minimum atomic E-state index is -0.739. The van der Waals surface area contributed by atoms with Gasteiger partial charge in [-0.1, -0.05) is 56.9 Å². The van der Waals surface area contributed by atoms with Crippen LogP contribution in [0.1, 0.15) is 71.1 Å². The highest BCUT2D eigenvalue weighted by Crippen LogP contribution is 2.12. The third-order valence-corrected chi connectivity index (χ3v) is 3.55. The van der Waals surface area contributed by atoms with E-state index in [4.69, 9.17) is 5.11 Å². The maximum atomic E-state index is 10.3. The molecule has 0 aliphatic heterocycles. The summed E-state index contributed by atoms with van der Waals surface area (Å²) in [6, 6.07) is 0. The third-order valence-electron chi connectivity index (χ3n) is 3.55. The minimum absolute atomic E-state index is 0.237. The summed E-state index contributed by atoms with van der Waals surface area (Å²) < 4.78 is 0. The largest absolute Gasteiger partial charge is 0.481 e. The van der Waals surface area contributed by atoms with Gasteiger partial charge in [0.1, 0.15) is 0 Å². The topological polar surface area (TPSA) is 77.8 Å². The molecule has 0 aliphatic rings. The van der Waals surface area contributed by atoms with Crippen LogP contribution in [0.4, 0.5) is 0 Å². The predicted molar refractivity (Wildman–Crippen MR) is 89.8 cm³/mol. The molecule has 0 aromatic carbocycles. The number of rotatable bonds is 14. The molecular formula is C18H32O4. The second-order valence-electron chi connectivity index (χ2n) is 5.66. The first-order valence-electron chi connectivity index (χ1n) is 8.45. The lowest BCUT2D eigenvalue weighted by molar-refractivity contribution is -0.137. The normalized spacial score (nSPS) is 14.7. The number of aliphatic hydroxyl groups excluding tert-OH is 2. The van der Waals surface area contributed by atoms with Gasteiger partial charge in [-0.25, -0.2) is 0 Å². The van der Waals surface area contributed by atoms with Gasteiger partial charge in [-0.15, -0.1) is 0 Å². The molecular weight excluding hydrogens is 280 g/mol. The quantitative estimate of drug-likeness (QED) is 0.336. The molecule has 0 heterocycles. The van der Waals surface area contributed by atoms with Crippen molar-refractivity contribution in [3.05, 3.63) is 24.3 Å². The van der Waals surface area contributed by atoms with E-state index in [1.807, 2.05) is 12.2 Å². The molecule has 4 nitrogen and oxygen atoms in total. The van der Waals surface area contributed by atoms with Crippen LogP contribution in [-0.4, -0.2) is 33.5 Å². The lowest BCUT2D eigenvalue weighted by Gasteiger charge is -2.16. The molecule has 0 radical (unpaired) electrons. The fourth-order valence-electron chi connectivity index (χ4n) is 2.18. The van der Waals surface area contributed by atoms with Crippen molar-refractivity contribution in [2.24, 2.45) is 0 Å². The van der Waals surface area contributed by atoms with Crippen molar-refractivity contribution in [1.29, 1.82) is 0 Å². The molecule has 0 rings (SSSR count). The molecule has 128 valence electrons. The van der Waals surface area contributed by atoms with Crippen LogP contribution < -0.4 is 0 Å². The molecule has 2 atom stereocenters. The van der Waals surface area contributed by atoms with Gasteiger partial charge in [0.05, 0.1) is 12.2 Å². The molecule has 0 bridgehead atoms. The molecule has 0 aromatic heterocycles. The van der Waals surface area contributed by atoms with Crippen LogP contribution >= 0.6 is 0 Å². The van der Waals surface area contributed by atoms with Gasteiger partial charge in [-0.3, -0.25) is 4.79 Å². The molecule has 0 unspecified atom stereocenters. The highest BCUT2D eigenvalue weighted by atomic mass is 16.4. The number of hydrogen-bond donors (Lipinski definition) is 3. The Bertz CT molecular complexity index is 323. The zero-order chi connectivity index (χ0) is 16.6. The van der Waals surface area contributed by atoms with Gasteiger partial charge in [0.15, 0.2) is 0 Å². The summed E-state index contributed by atoms with van der Waals surface area (Å²) in [5.41, 5.74) is 0. The molecule has 0 aromatic rings. The molecule has 0 fully saturated rings. The summed E-state index contributed by atoms with van der Waals surface area (Å²) in [5.74, 6) is -0.739. The first-order valence-corrected chi connectivity index (χ1v) is 8.45. The molecule has 0 saturated heterocycles. The zero-order valence-electron chi connectivity index (χ0n) is 13.8. The fourth-order valence-corrected chi connectivity index (χ4v) is 2.18. The molecule has 0 saturated carbocycles. The minimum Gasteiger partial charge on any atom is -0.481 e. The molecule has 4 heteroatoms. The van der Waals surface area contributed by atoms with Crippen molar-refractivity contribution in [2.75, 3.05) is 0 Å². The van der Waals surface area contributed by atoms with E-state index >= 15 is 0 Å². The van der Waals surface area contributed by atoms with E-state index in [0.717, 1.165) is 44.9 Å². The van der Waals surface area contributed by atoms with Crippen molar-refractivity contribution >= 4 is 5.97 Å². The Kier molecular flexibility index (Phi) is 14.0. The second kappa shape index (κ2) is 14.8. The average molecular weight is 312 g/mol. The van der Waals surface area contributed by atoms with Crippen molar-refractivity contribution in [1.82, 2.24) is 0 Å². The van der Waals surface area contributed by atoms with Crippen LogP contribution in [0.2, 0.25) is 0 Å². The maximum absolute atomic E-state index is 10.3. The summed E-state index contributed by atoms with van der Waals surface area (Å²) in [6.45, 7) is 2.09. The van der Waals surface area contributed by atoms with Crippen LogP contribution in [0.15, 0.2) is 24.3 Å². The summed E-state index contributed by atoms with van der Waals surface area (Å²) in [7, 11) is 0. The monoisotopic (exact) mass is 312 g/mol. The van der Waals surface area contributed by atoms with Gasteiger partial charge in [0.2, 0.25) is 0 Å². The third kappa shape index (κ3) is 13.8. The Morgan fingerprint density at radius 2 is 1.55 bits per heavy atom. The summed E-state index contributed by atoms with van der Waals surface area (Å²) in [5, 5.41) is 28.2. The first kappa shape index (κ1) is 20.9. The first-order chi connectivity index (χ1) is 10.6. The Morgan fingerprint density at radius 3 is 2.23 bits per heavy atom. The lowest BCUT2D eigenvalue weighted by Crippen LogP contribution is -2.25. The van der Waals surface area contributed by atoms with Gasteiger partial charge in [0.25, 0.3) is 0 Å². The summed E-state index contributed by atoms with van der Waals surface area (Å²) >= 11 is 0. The zero-order valence-corrected chi connectivity index (χ0v) is 13.8. The molecule has 0 aliphatic carbocycles. The summed E-state index contributed by atoms with van der Waals surface area (Å²) in [4.78, 5) is 10.3. The Hall–Kier alpha value is -1.13.